The Morgan fingerprint density at radius 2 is 1.13 bits per heavy atom. The first-order valence-corrected chi connectivity index (χ1v) is 14.9. The summed E-state index contributed by atoms with van der Waals surface area (Å²) in [6, 6.07) is 0. The minimum absolute atomic E-state index is 0.837. The topological polar surface area (TPSA) is 13.0 Å². The summed E-state index contributed by atoms with van der Waals surface area (Å²) in [4.78, 5) is 9.52. The van der Waals surface area contributed by atoms with Gasteiger partial charge in [0.15, 0.2) is 0 Å². The Kier molecular flexibility index (Phi) is 17.5. The summed E-state index contributed by atoms with van der Waals surface area (Å²) >= 11 is 4.84. The molecule has 8 heteroatoms. The van der Waals surface area contributed by atoms with Crippen LogP contribution in [0, 0.1) is 25.2 Å². The maximum atomic E-state index is 4.45. The van der Waals surface area contributed by atoms with E-state index in [1.165, 1.54) is 64.5 Å². The Morgan fingerprint density at radius 1 is 0.733 bits per heavy atom. The van der Waals surface area contributed by atoms with Crippen LogP contribution in [0.25, 0.3) is 0 Å². The van der Waals surface area contributed by atoms with Gasteiger partial charge < -0.3 is 19.6 Å². The van der Waals surface area contributed by atoms with Crippen molar-refractivity contribution in [1.29, 1.82) is 0 Å². The molecule has 0 N–H and O–H groups in total. The molecule has 2 aliphatic heterocycles. The van der Waals surface area contributed by atoms with Crippen LogP contribution in [0.2, 0.25) is 0 Å². The number of halogens is 2. The van der Waals surface area contributed by atoms with E-state index in [1.807, 2.05) is 0 Å². The summed E-state index contributed by atoms with van der Waals surface area (Å²) in [5.74, 6) is 1.67. The van der Waals surface area contributed by atoms with E-state index in [9.17, 15) is 0 Å². The van der Waals surface area contributed by atoms with Crippen molar-refractivity contribution in [2.45, 2.75) is 65.2 Å². The molecule has 30 heavy (non-hydrogen) atoms. The molecule has 4 nitrogen and oxygen atoms in total. The van der Waals surface area contributed by atoms with Gasteiger partial charge in [0.1, 0.15) is 0 Å². The van der Waals surface area contributed by atoms with Gasteiger partial charge in [-0.2, -0.15) is 13.3 Å². The quantitative estimate of drug-likeness (QED) is 0.208. The van der Waals surface area contributed by atoms with Crippen LogP contribution in [0.15, 0.2) is 24.8 Å². The molecule has 0 radical (unpaired) electrons. The van der Waals surface area contributed by atoms with E-state index >= 15 is 0 Å². The molecule has 1 unspecified atom stereocenters. The first-order valence-electron chi connectivity index (χ1n) is 11.1. The van der Waals surface area contributed by atoms with E-state index in [0.29, 0.717) is 0 Å². The van der Waals surface area contributed by atoms with Gasteiger partial charge in [0, 0.05) is 0 Å². The minimum atomic E-state index is 0.837. The van der Waals surface area contributed by atoms with Gasteiger partial charge in [-0.1, -0.05) is 33.1 Å². The SMILES string of the molecule is CCCCN1C=CN(CC2CCC[C@H](CN3C=CN(CCCC)[CH-]3)C2)[CH-]1.[Cl][Ag].[Cl][Ag]. The molecule has 1 saturated carbocycles. The molecule has 0 aromatic rings. The van der Waals surface area contributed by atoms with Crippen LogP contribution < -0.4 is 0 Å². The van der Waals surface area contributed by atoms with Crippen LogP contribution >= 0.6 is 18.4 Å². The number of unbranched alkanes of at least 4 members (excludes halogenated alkanes) is 2. The normalized spacial score (nSPS) is 22.8. The molecule has 0 aromatic carbocycles. The average Bonchev–Trinajstić information content (AvgIpc) is 3.43. The van der Waals surface area contributed by atoms with Gasteiger partial charge in [-0.15, -0.1) is 0 Å². The van der Waals surface area contributed by atoms with Crippen LogP contribution in [-0.2, 0) is 40.0 Å². The van der Waals surface area contributed by atoms with Crippen molar-refractivity contribution in [3.05, 3.63) is 38.1 Å². The number of rotatable bonds is 10. The Hall–Kier alpha value is 0.741. The Balaban J connectivity index is 0.00000106. The molecule has 3 rings (SSSR count). The van der Waals surface area contributed by atoms with Crippen molar-refractivity contribution in [2.24, 2.45) is 11.8 Å². The van der Waals surface area contributed by atoms with Crippen molar-refractivity contribution in [1.82, 2.24) is 19.6 Å². The molecule has 1 aliphatic carbocycles. The van der Waals surface area contributed by atoms with Crippen molar-refractivity contribution in [3.8, 4) is 0 Å². The van der Waals surface area contributed by atoms with Crippen LogP contribution in [0.1, 0.15) is 65.2 Å². The van der Waals surface area contributed by atoms with E-state index in [2.05, 4.69) is 130 Å². The van der Waals surface area contributed by atoms with Crippen LogP contribution in [0.3, 0.4) is 0 Å². The molecule has 0 bridgehead atoms. The van der Waals surface area contributed by atoms with Crippen LogP contribution in [0.5, 0.6) is 0 Å². The molecule has 3 aliphatic rings. The fourth-order valence-electron chi connectivity index (χ4n) is 4.37. The van der Waals surface area contributed by atoms with Crippen LogP contribution in [0.4, 0.5) is 0 Å². The number of hydrogen-bond donors (Lipinski definition) is 0. The van der Waals surface area contributed by atoms with E-state index in [1.54, 1.807) is 0 Å². The zero-order valence-corrected chi connectivity index (χ0v) is 22.7. The van der Waals surface area contributed by atoms with Gasteiger partial charge in [0.2, 0.25) is 0 Å². The van der Waals surface area contributed by atoms with Gasteiger partial charge in [0.25, 0.3) is 0 Å². The first-order chi connectivity index (χ1) is 14.8. The summed E-state index contributed by atoms with van der Waals surface area (Å²) < 4.78 is 0. The average molecular weight is 645 g/mol. The van der Waals surface area contributed by atoms with Crippen molar-refractivity contribution in [3.63, 3.8) is 0 Å². The monoisotopic (exact) mass is 642 g/mol. The second-order valence-corrected chi connectivity index (χ2v) is 8.30. The maximum absolute atomic E-state index is 4.45. The molecule has 0 aromatic heterocycles. The zero-order valence-electron chi connectivity index (χ0n) is 18.3. The van der Waals surface area contributed by atoms with E-state index in [4.69, 9.17) is 0 Å². The van der Waals surface area contributed by atoms with E-state index in [0.717, 1.165) is 24.9 Å². The van der Waals surface area contributed by atoms with Gasteiger partial charge in [-0.25, -0.2) is 0 Å². The second-order valence-electron chi connectivity index (χ2n) is 8.30. The molecule has 2 atom stereocenters. The summed E-state index contributed by atoms with van der Waals surface area (Å²) in [7, 11) is 8.90. The van der Waals surface area contributed by atoms with E-state index < -0.39 is 0 Å². The predicted octanol–water partition coefficient (Wildman–Crippen LogP) is 6.18. The summed E-state index contributed by atoms with van der Waals surface area (Å²) in [6.45, 7) is 13.8. The third kappa shape index (κ3) is 11.0. The second kappa shape index (κ2) is 18.2. The molecular weight excluding hydrogens is 607 g/mol. The summed E-state index contributed by atoms with van der Waals surface area (Å²) in [6.07, 6.45) is 19.6. The van der Waals surface area contributed by atoms with Gasteiger partial charge in [-0.05, 0) is 94.9 Å². The Bertz CT molecular complexity index is 442. The molecular formula is C22H38Ag2Cl2N4-2. The predicted molar refractivity (Wildman–Crippen MR) is 121 cm³/mol. The van der Waals surface area contributed by atoms with E-state index in [-0.39, 0.29) is 0 Å². The van der Waals surface area contributed by atoms with Crippen molar-refractivity contribution in [2.75, 3.05) is 26.2 Å². The van der Waals surface area contributed by atoms with Crippen molar-refractivity contribution >= 4 is 18.4 Å². The van der Waals surface area contributed by atoms with Gasteiger partial charge in [-0.3, -0.25) is 0 Å². The fraction of sp³-hybridized carbons (Fsp3) is 0.727. The number of nitrogens with zero attached hydrogens (tertiary/aromatic N) is 4. The Labute approximate surface area is 217 Å². The first kappa shape index (κ1) is 28.8. The molecule has 184 valence electrons. The summed E-state index contributed by atoms with van der Waals surface area (Å²) in [5.41, 5.74) is 0. The summed E-state index contributed by atoms with van der Waals surface area (Å²) in [5, 5.41) is 0. The third-order valence-electron chi connectivity index (χ3n) is 5.86. The molecule has 0 amide bonds. The standard InChI is InChI=1S/C22H38N4.2Ag.2ClH/c1-3-5-10-23-12-14-25(19-23)17-21-8-7-9-22(16-21)18-26-15-13-24(20-26)11-6-4-2;;;;/h12-15,19-22H,3-11,16-18H2,1-2H3;;;2*1H/q-2;2*+1;;/p-2/t21-,22?;;;;/m0..../s1. The van der Waals surface area contributed by atoms with Crippen molar-refractivity contribution < 1.29 is 40.0 Å². The molecule has 2 heterocycles. The molecule has 0 spiro atoms. The third-order valence-corrected chi connectivity index (χ3v) is 5.86. The zero-order chi connectivity index (χ0) is 22.2. The van der Waals surface area contributed by atoms with Gasteiger partial charge in [0.05, 0.1) is 0 Å². The Morgan fingerprint density at radius 3 is 1.53 bits per heavy atom. The van der Waals surface area contributed by atoms with Gasteiger partial charge >= 0.3 is 58.4 Å². The molecule has 1 fully saturated rings. The fourth-order valence-corrected chi connectivity index (χ4v) is 4.37. The van der Waals surface area contributed by atoms with Crippen LogP contribution in [-0.4, -0.2) is 45.8 Å². The molecule has 0 saturated heterocycles. The number of hydrogen-bond acceptors (Lipinski definition) is 4.